The number of aryl methyl sites for hydroxylation is 1. The molecule has 0 radical (unpaired) electrons. The Hall–Kier alpha value is -4.16. The number of nitro benzene ring substituents is 1. The zero-order valence-corrected chi connectivity index (χ0v) is 19.3. The molecule has 1 N–H and O–H groups in total. The normalized spacial score (nSPS) is 11.1. The van der Waals surface area contributed by atoms with E-state index < -0.39 is 10.8 Å². The molecule has 12 heteroatoms. The van der Waals surface area contributed by atoms with Crippen LogP contribution in [-0.4, -0.2) is 30.2 Å². The van der Waals surface area contributed by atoms with E-state index in [2.05, 4.69) is 15.4 Å². The van der Waals surface area contributed by atoms with E-state index in [1.54, 1.807) is 25.1 Å². The van der Waals surface area contributed by atoms with Crippen LogP contribution in [0.5, 0.6) is 0 Å². The summed E-state index contributed by atoms with van der Waals surface area (Å²) in [4.78, 5) is 42.4. The van der Waals surface area contributed by atoms with Crippen LogP contribution in [0.1, 0.15) is 5.69 Å². The summed E-state index contributed by atoms with van der Waals surface area (Å²) < 4.78 is 2.76. The number of nitrogens with one attached hydrogen (secondary N) is 1. The number of amides is 1. The first-order valence-electron chi connectivity index (χ1n) is 10.0. The molecular weight excluding hydrogens is 476 g/mol. The SMILES string of the molecule is Cc1cc(NC(=O)Cn2cnc3scc(-c4cccs4)c3c2=O)n(-c2ccc([N+](=O)[O-])cc2)n1. The largest absolute Gasteiger partial charge is 0.309 e. The maximum absolute atomic E-state index is 13.2. The monoisotopic (exact) mass is 492 g/mol. The number of hydrogen-bond donors (Lipinski definition) is 1. The van der Waals surface area contributed by atoms with Crippen LogP contribution in [0, 0.1) is 17.0 Å². The molecule has 0 aliphatic heterocycles. The van der Waals surface area contributed by atoms with Crippen LogP contribution in [0.15, 0.2) is 64.3 Å². The fourth-order valence-corrected chi connectivity index (χ4v) is 5.25. The summed E-state index contributed by atoms with van der Waals surface area (Å²) in [5, 5.41) is 22.4. The fourth-order valence-electron chi connectivity index (χ4n) is 3.53. The highest BCUT2D eigenvalue weighted by atomic mass is 32.1. The Labute approximate surface area is 199 Å². The van der Waals surface area contributed by atoms with Gasteiger partial charge in [0.05, 0.1) is 28.0 Å². The summed E-state index contributed by atoms with van der Waals surface area (Å²) >= 11 is 2.92. The number of anilines is 1. The Morgan fingerprint density at radius 3 is 2.71 bits per heavy atom. The van der Waals surface area contributed by atoms with Crippen LogP contribution >= 0.6 is 22.7 Å². The Kier molecular flexibility index (Phi) is 5.51. The van der Waals surface area contributed by atoms with Crippen molar-refractivity contribution in [2.24, 2.45) is 0 Å². The number of carbonyl (C=O) groups is 1. The van der Waals surface area contributed by atoms with Crippen molar-refractivity contribution < 1.29 is 9.72 Å². The minimum Gasteiger partial charge on any atom is -0.309 e. The van der Waals surface area contributed by atoms with Gasteiger partial charge >= 0.3 is 0 Å². The van der Waals surface area contributed by atoms with Crippen LogP contribution in [0.2, 0.25) is 0 Å². The number of thiophene rings is 2. The summed E-state index contributed by atoms with van der Waals surface area (Å²) in [6.07, 6.45) is 1.37. The summed E-state index contributed by atoms with van der Waals surface area (Å²) in [5.74, 6) is -0.0486. The number of aromatic nitrogens is 4. The van der Waals surface area contributed by atoms with Crippen molar-refractivity contribution in [3.05, 3.63) is 85.7 Å². The van der Waals surface area contributed by atoms with Gasteiger partial charge < -0.3 is 5.32 Å². The fraction of sp³-hybridized carbons (Fsp3) is 0.0909. The number of nitrogens with zero attached hydrogens (tertiary/aromatic N) is 5. The second-order valence-corrected chi connectivity index (χ2v) is 9.19. The molecule has 0 bridgehead atoms. The van der Waals surface area contributed by atoms with E-state index in [1.165, 1.54) is 50.4 Å². The molecule has 0 atom stereocenters. The van der Waals surface area contributed by atoms with E-state index in [-0.39, 0.29) is 17.8 Å². The first-order chi connectivity index (χ1) is 16.4. The van der Waals surface area contributed by atoms with Gasteiger partial charge in [0.1, 0.15) is 17.2 Å². The number of non-ortho nitro benzene ring substituents is 1. The molecule has 0 aliphatic carbocycles. The van der Waals surface area contributed by atoms with Gasteiger partial charge in [0.2, 0.25) is 5.91 Å². The lowest BCUT2D eigenvalue weighted by molar-refractivity contribution is -0.384. The maximum Gasteiger partial charge on any atom is 0.269 e. The topological polar surface area (TPSA) is 125 Å². The molecule has 0 spiro atoms. The smallest absolute Gasteiger partial charge is 0.269 e. The molecule has 5 aromatic rings. The number of rotatable bonds is 6. The van der Waals surface area contributed by atoms with Gasteiger partial charge in [0, 0.05) is 34.0 Å². The molecule has 10 nitrogen and oxygen atoms in total. The Bertz CT molecular complexity index is 1580. The summed E-state index contributed by atoms with van der Waals surface area (Å²) in [6.45, 7) is 1.54. The molecule has 0 fully saturated rings. The number of nitro groups is 1. The minimum absolute atomic E-state index is 0.0455. The van der Waals surface area contributed by atoms with Gasteiger partial charge in [-0.2, -0.15) is 5.10 Å². The average molecular weight is 493 g/mol. The molecule has 4 aromatic heterocycles. The molecule has 0 saturated heterocycles. The zero-order chi connectivity index (χ0) is 23.8. The molecule has 170 valence electrons. The third-order valence-corrected chi connectivity index (χ3v) is 6.85. The third kappa shape index (κ3) is 4.00. The van der Waals surface area contributed by atoms with Gasteiger partial charge in [0.25, 0.3) is 11.2 Å². The van der Waals surface area contributed by atoms with Crippen LogP contribution < -0.4 is 10.9 Å². The van der Waals surface area contributed by atoms with Crippen LogP contribution in [-0.2, 0) is 11.3 Å². The molecule has 34 heavy (non-hydrogen) atoms. The standard InChI is InChI=1S/C22H16N6O4S2/c1-13-9-18(27(25-13)14-4-6-15(7-5-14)28(31)32)24-19(29)10-26-12-23-21-20(22(26)30)16(11-34-21)17-3-2-8-33-17/h2-9,11-12H,10H2,1H3,(H,24,29). The van der Waals surface area contributed by atoms with E-state index in [0.717, 1.165) is 10.4 Å². The first-order valence-corrected chi connectivity index (χ1v) is 11.8. The highest BCUT2D eigenvalue weighted by Gasteiger charge is 2.17. The second-order valence-electron chi connectivity index (χ2n) is 7.39. The number of fused-ring (bicyclic) bond motifs is 1. The van der Waals surface area contributed by atoms with Crippen molar-refractivity contribution in [1.29, 1.82) is 0 Å². The molecular formula is C22H16N6O4S2. The van der Waals surface area contributed by atoms with Crippen LogP contribution in [0.3, 0.4) is 0 Å². The van der Waals surface area contributed by atoms with Crippen LogP contribution in [0.25, 0.3) is 26.3 Å². The zero-order valence-electron chi connectivity index (χ0n) is 17.7. The predicted molar refractivity (Wildman–Crippen MR) is 131 cm³/mol. The van der Waals surface area contributed by atoms with E-state index in [1.807, 2.05) is 22.9 Å². The molecule has 0 unspecified atom stereocenters. The molecule has 1 aromatic carbocycles. The Morgan fingerprint density at radius 1 is 1.21 bits per heavy atom. The minimum atomic E-state index is -0.485. The van der Waals surface area contributed by atoms with Gasteiger partial charge in [-0.15, -0.1) is 22.7 Å². The lowest BCUT2D eigenvalue weighted by Gasteiger charge is -2.10. The summed E-state index contributed by atoms with van der Waals surface area (Å²) in [7, 11) is 0. The van der Waals surface area contributed by atoms with Gasteiger partial charge in [-0.25, -0.2) is 9.67 Å². The van der Waals surface area contributed by atoms with Crippen molar-refractivity contribution in [2.45, 2.75) is 13.5 Å². The molecule has 0 saturated carbocycles. The molecule has 0 aliphatic rings. The molecule has 4 heterocycles. The Morgan fingerprint density at radius 2 is 2.00 bits per heavy atom. The van der Waals surface area contributed by atoms with E-state index >= 15 is 0 Å². The van der Waals surface area contributed by atoms with E-state index in [0.29, 0.717) is 27.4 Å². The second kappa shape index (κ2) is 8.65. The lowest BCUT2D eigenvalue weighted by atomic mass is 10.2. The van der Waals surface area contributed by atoms with Crippen molar-refractivity contribution in [1.82, 2.24) is 19.3 Å². The van der Waals surface area contributed by atoms with Crippen molar-refractivity contribution in [3.63, 3.8) is 0 Å². The van der Waals surface area contributed by atoms with Crippen LogP contribution in [0.4, 0.5) is 11.5 Å². The average Bonchev–Trinajstić information content (AvgIpc) is 3.55. The maximum atomic E-state index is 13.2. The lowest BCUT2D eigenvalue weighted by Crippen LogP contribution is -2.28. The van der Waals surface area contributed by atoms with Gasteiger partial charge in [-0.05, 0) is 30.5 Å². The highest BCUT2D eigenvalue weighted by Crippen LogP contribution is 2.33. The molecule has 1 amide bonds. The predicted octanol–water partition coefficient (Wildman–Crippen LogP) is 4.23. The number of benzene rings is 1. The quantitative estimate of drug-likeness (QED) is 0.279. The highest BCUT2D eigenvalue weighted by molar-refractivity contribution is 7.18. The van der Waals surface area contributed by atoms with Gasteiger partial charge in [0.15, 0.2) is 0 Å². The van der Waals surface area contributed by atoms with Gasteiger partial charge in [-0.3, -0.25) is 24.3 Å². The van der Waals surface area contributed by atoms with Crippen molar-refractivity contribution >= 4 is 50.3 Å². The summed E-state index contributed by atoms with van der Waals surface area (Å²) in [5.41, 5.74) is 1.68. The third-order valence-electron chi connectivity index (χ3n) is 5.07. The van der Waals surface area contributed by atoms with Crippen molar-refractivity contribution in [3.8, 4) is 16.1 Å². The van der Waals surface area contributed by atoms with E-state index in [9.17, 15) is 19.7 Å². The summed E-state index contributed by atoms with van der Waals surface area (Å²) in [6, 6.07) is 11.4. The van der Waals surface area contributed by atoms with Crippen molar-refractivity contribution in [2.75, 3.05) is 5.32 Å². The first kappa shape index (κ1) is 21.7. The number of hydrogen-bond acceptors (Lipinski definition) is 8. The number of carbonyl (C=O) groups excluding carboxylic acids is 1. The van der Waals surface area contributed by atoms with E-state index in [4.69, 9.17) is 0 Å². The molecule has 5 rings (SSSR count). The Balaban J connectivity index is 1.41. The van der Waals surface area contributed by atoms with Gasteiger partial charge in [-0.1, -0.05) is 6.07 Å².